The summed E-state index contributed by atoms with van der Waals surface area (Å²) in [6.45, 7) is 6.00. The number of likely N-dealkylation sites (tertiary alicyclic amines) is 1. The molecule has 0 saturated carbocycles. The Balaban J connectivity index is 1.26. The van der Waals surface area contributed by atoms with Crippen molar-refractivity contribution >= 4 is 40.3 Å². The van der Waals surface area contributed by atoms with Crippen LogP contribution in [0.15, 0.2) is 35.3 Å². The van der Waals surface area contributed by atoms with Crippen LogP contribution in [-0.2, 0) is 7.05 Å². The van der Waals surface area contributed by atoms with Gasteiger partial charge in [0, 0.05) is 58.1 Å². The van der Waals surface area contributed by atoms with Crippen LogP contribution in [0, 0.1) is 0 Å². The smallest absolute Gasteiger partial charge is 0.264 e. The molecule has 0 spiro atoms. The van der Waals surface area contributed by atoms with Gasteiger partial charge in [-0.3, -0.25) is 19.1 Å². The summed E-state index contributed by atoms with van der Waals surface area (Å²) in [5.74, 6) is 0.742. The number of nitrogen functional groups attached to an aromatic ring is 1. The first kappa shape index (κ1) is 24.5. The molecule has 36 heavy (non-hydrogen) atoms. The van der Waals surface area contributed by atoms with Crippen LogP contribution in [0.5, 0.6) is 0 Å². The van der Waals surface area contributed by atoms with E-state index in [1.54, 1.807) is 42.1 Å². The Hall–Kier alpha value is -3.24. The van der Waals surface area contributed by atoms with Gasteiger partial charge in [0.1, 0.15) is 11.0 Å². The van der Waals surface area contributed by atoms with Crippen molar-refractivity contribution < 1.29 is 4.79 Å². The van der Waals surface area contributed by atoms with Crippen LogP contribution in [-0.4, -0.2) is 80.0 Å². The van der Waals surface area contributed by atoms with E-state index in [-0.39, 0.29) is 22.4 Å². The van der Waals surface area contributed by atoms with Crippen LogP contribution in [0.1, 0.15) is 36.5 Å². The fourth-order valence-corrected chi connectivity index (χ4v) is 5.63. The van der Waals surface area contributed by atoms with Crippen LogP contribution in [0.25, 0.3) is 11.0 Å². The quantitative estimate of drug-likeness (QED) is 0.531. The summed E-state index contributed by atoms with van der Waals surface area (Å²) in [7, 11) is 1.78. The van der Waals surface area contributed by atoms with E-state index in [0.717, 1.165) is 38.9 Å². The number of hydrogen-bond acceptors (Lipinski definition) is 8. The maximum absolute atomic E-state index is 13.0. The second-order valence-electron chi connectivity index (χ2n) is 9.49. The van der Waals surface area contributed by atoms with Crippen molar-refractivity contribution in [2.24, 2.45) is 7.05 Å². The predicted octanol–water partition coefficient (Wildman–Crippen LogP) is 2.16. The molecular formula is C25H31ClN8O2. The molecule has 2 fully saturated rings. The molecule has 10 nitrogen and oxygen atoms in total. The second kappa shape index (κ2) is 10.0. The summed E-state index contributed by atoms with van der Waals surface area (Å²) in [4.78, 5) is 45.6. The molecular weight excluding hydrogens is 480 g/mol. The first-order valence-electron chi connectivity index (χ1n) is 12.4. The number of piperidine rings is 1. The molecule has 2 aliphatic heterocycles. The zero-order valence-corrected chi connectivity index (χ0v) is 21.4. The van der Waals surface area contributed by atoms with Crippen molar-refractivity contribution in [3.63, 3.8) is 0 Å². The van der Waals surface area contributed by atoms with E-state index >= 15 is 0 Å². The van der Waals surface area contributed by atoms with Crippen LogP contribution in [0.4, 0.5) is 11.8 Å². The van der Waals surface area contributed by atoms with Crippen molar-refractivity contribution in [2.75, 3.05) is 43.4 Å². The largest absolute Gasteiger partial charge is 0.383 e. The third-order valence-electron chi connectivity index (χ3n) is 7.45. The van der Waals surface area contributed by atoms with Crippen molar-refractivity contribution in [1.82, 2.24) is 29.3 Å². The maximum Gasteiger partial charge on any atom is 0.264 e. The first-order chi connectivity index (χ1) is 17.4. The van der Waals surface area contributed by atoms with Gasteiger partial charge >= 0.3 is 0 Å². The van der Waals surface area contributed by atoms with Crippen molar-refractivity contribution in [2.45, 2.75) is 38.3 Å². The number of piperazine rings is 1. The molecule has 190 valence electrons. The number of nitrogens with two attached hydrogens (primary N) is 1. The summed E-state index contributed by atoms with van der Waals surface area (Å²) >= 11 is 5.88. The van der Waals surface area contributed by atoms with Gasteiger partial charge in [0.15, 0.2) is 5.65 Å². The highest BCUT2D eigenvalue weighted by atomic mass is 35.5. The minimum Gasteiger partial charge on any atom is -0.383 e. The Labute approximate surface area is 214 Å². The predicted molar refractivity (Wildman–Crippen MR) is 140 cm³/mol. The van der Waals surface area contributed by atoms with E-state index < -0.39 is 0 Å². The lowest BCUT2D eigenvalue weighted by Crippen LogP contribution is -2.59. The molecule has 3 aromatic heterocycles. The molecule has 2 aliphatic rings. The molecule has 0 bridgehead atoms. The van der Waals surface area contributed by atoms with Crippen LogP contribution < -0.4 is 16.2 Å². The number of fused-ring (bicyclic) bond motifs is 1. The van der Waals surface area contributed by atoms with Crippen molar-refractivity contribution in [1.29, 1.82) is 0 Å². The van der Waals surface area contributed by atoms with Crippen LogP contribution >= 0.6 is 11.6 Å². The Bertz CT molecular complexity index is 1340. The number of nitrogens with zero attached hydrogens (tertiary/aromatic N) is 7. The zero-order chi connectivity index (χ0) is 25.4. The average Bonchev–Trinajstić information content (AvgIpc) is 2.90. The topological polar surface area (TPSA) is 113 Å². The molecule has 0 radical (unpaired) electrons. The fraction of sp³-hybridized carbons (Fsp3) is 0.480. The molecule has 1 atom stereocenters. The molecule has 0 unspecified atom stereocenters. The third-order valence-corrected chi connectivity index (χ3v) is 7.66. The molecule has 3 aromatic rings. The Morgan fingerprint density at radius 1 is 1.14 bits per heavy atom. The highest BCUT2D eigenvalue weighted by Gasteiger charge is 2.35. The van der Waals surface area contributed by atoms with Gasteiger partial charge < -0.3 is 15.5 Å². The van der Waals surface area contributed by atoms with E-state index in [4.69, 9.17) is 22.3 Å². The lowest BCUT2D eigenvalue weighted by molar-refractivity contribution is 0.0490. The summed E-state index contributed by atoms with van der Waals surface area (Å²) in [6, 6.07) is 7.50. The lowest BCUT2D eigenvalue weighted by Gasteiger charge is -2.47. The van der Waals surface area contributed by atoms with E-state index in [1.807, 2.05) is 4.90 Å². The molecule has 1 amide bonds. The van der Waals surface area contributed by atoms with Gasteiger partial charge in [-0.15, -0.1) is 0 Å². The molecule has 5 heterocycles. The summed E-state index contributed by atoms with van der Waals surface area (Å²) < 4.78 is 1.63. The van der Waals surface area contributed by atoms with Gasteiger partial charge in [0.05, 0.1) is 10.9 Å². The monoisotopic (exact) mass is 510 g/mol. The molecule has 2 N–H and O–H groups in total. The highest BCUT2D eigenvalue weighted by molar-refractivity contribution is 6.29. The molecule has 2 saturated heterocycles. The second-order valence-corrected chi connectivity index (χ2v) is 9.87. The number of hydrogen-bond donors (Lipinski definition) is 1. The van der Waals surface area contributed by atoms with Crippen LogP contribution in [0.2, 0.25) is 5.15 Å². The standard InChI is InChI=1S/C25H31ClN8O2/c1-3-16-15-33(25-30-22-19(5-4-10-28-22)23(35)31(25)2)13-14-34(16)17-8-11-32(12-9-17)24(36)18-6-7-20(26)29-21(18)27/h4-7,10,16-17H,3,8-9,11-15H2,1-2H3,(H2,27,29)/t16-/m0/s1. The molecule has 5 rings (SSSR count). The van der Waals surface area contributed by atoms with Crippen molar-refractivity contribution in [3.05, 3.63) is 51.5 Å². The number of amides is 1. The van der Waals surface area contributed by atoms with E-state index in [1.165, 1.54) is 0 Å². The first-order valence-corrected chi connectivity index (χ1v) is 12.8. The van der Waals surface area contributed by atoms with Gasteiger partial charge in [0.2, 0.25) is 5.95 Å². The Morgan fingerprint density at radius 2 is 1.92 bits per heavy atom. The van der Waals surface area contributed by atoms with Gasteiger partial charge in [-0.2, -0.15) is 4.98 Å². The number of anilines is 2. The number of aromatic nitrogens is 4. The van der Waals surface area contributed by atoms with Gasteiger partial charge in [-0.05, 0) is 43.5 Å². The zero-order valence-electron chi connectivity index (χ0n) is 20.6. The number of carbonyl (C=O) groups is 1. The number of carbonyl (C=O) groups excluding carboxylic acids is 1. The molecule has 0 aliphatic carbocycles. The molecule has 0 aromatic carbocycles. The minimum atomic E-state index is -0.0936. The third kappa shape index (κ3) is 4.51. The summed E-state index contributed by atoms with van der Waals surface area (Å²) in [5.41, 5.74) is 6.75. The van der Waals surface area contributed by atoms with E-state index in [2.05, 4.69) is 26.7 Å². The average molecular weight is 511 g/mol. The lowest BCUT2D eigenvalue weighted by atomic mass is 9.98. The maximum atomic E-state index is 13.0. The van der Waals surface area contributed by atoms with Gasteiger partial charge in [0.25, 0.3) is 11.5 Å². The summed E-state index contributed by atoms with van der Waals surface area (Å²) in [5, 5.41) is 0.814. The SMILES string of the molecule is CC[C@H]1CN(c2nc3ncccc3c(=O)n2C)CCN1C1CCN(C(=O)c2ccc(Cl)nc2N)CC1. The van der Waals surface area contributed by atoms with Crippen LogP contribution in [0.3, 0.4) is 0 Å². The Morgan fingerprint density at radius 3 is 2.64 bits per heavy atom. The van der Waals surface area contributed by atoms with Gasteiger partial charge in [-0.25, -0.2) is 9.97 Å². The number of pyridine rings is 2. The van der Waals surface area contributed by atoms with Crippen molar-refractivity contribution in [3.8, 4) is 0 Å². The van der Waals surface area contributed by atoms with E-state index in [9.17, 15) is 9.59 Å². The summed E-state index contributed by atoms with van der Waals surface area (Å²) in [6.07, 6.45) is 4.46. The fourth-order valence-electron chi connectivity index (χ4n) is 5.47. The highest BCUT2D eigenvalue weighted by Crippen LogP contribution is 2.27. The van der Waals surface area contributed by atoms with E-state index in [0.29, 0.717) is 47.7 Å². The van der Waals surface area contributed by atoms with Gasteiger partial charge in [-0.1, -0.05) is 18.5 Å². The minimum absolute atomic E-state index is 0.0767. The number of halogens is 1. The Kier molecular flexibility index (Phi) is 6.81. The number of rotatable bonds is 4. The normalized spacial score (nSPS) is 19.7. The molecule has 11 heteroatoms.